The Morgan fingerprint density at radius 1 is 1.15 bits per heavy atom. The number of amides is 1. The molecule has 0 spiro atoms. The lowest BCUT2D eigenvalue weighted by atomic mass is 9.95. The van der Waals surface area contributed by atoms with Gasteiger partial charge in [0.25, 0.3) is 5.91 Å². The highest BCUT2D eigenvalue weighted by atomic mass is 32.2. The van der Waals surface area contributed by atoms with Crippen LogP contribution in [0.3, 0.4) is 0 Å². The molecule has 1 atom stereocenters. The van der Waals surface area contributed by atoms with Crippen LogP contribution in [0.4, 0.5) is 4.39 Å². The van der Waals surface area contributed by atoms with Gasteiger partial charge in [-0.25, -0.2) is 9.23 Å². The average Bonchev–Trinajstić information content (AvgIpc) is 3.20. The number of carbonyl (C=O) groups is 1. The Morgan fingerprint density at radius 2 is 1.90 bits per heavy atom. The van der Waals surface area contributed by atoms with Crippen molar-refractivity contribution < 1.29 is 38.6 Å². The van der Waals surface area contributed by atoms with Gasteiger partial charge in [-0.15, -0.1) is 11.8 Å². The van der Waals surface area contributed by atoms with Gasteiger partial charge >= 0.3 is 0 Å². The van der Waals surface area contributed by atoms with Gasteiger partial charge in [-0.05, 0) is 67.0 Å². The van der Waals surface area contributed by atoms with E-state index < -0.39 is 29.8 Å². The van der Waals surface area contributed by atoms with Crippen LogP contribution in [-0.4, -0.2) is 48.8 Å². The van der Waals surface area contributed by atoms with E-state index in [2.05, 4.69) is 10.2 Å². The van der Waals surface area contributed by atoms with E-state index in [-0.39, 0.29) is 16.6 Å². The second-order valence-corrected chi connectivity index (χ2v) is 9.91. The highest BCUT2D eigenvalue weighted by Crippen LogP contribution is 2.50. The number of hydrogen-bond donors (Lipinski definition) is 3. The third kappa shape index (κ3) is 6.31. The molecule has 1 amide bonds. The molecule has 0 saturated heterocycles. The lowest BCUT2D eigenvalue weighted by molar-refractivity contribution is -0.497. The first-order valence-corrected chi connectivity index (χ1v) is 14.0. The normalized spacial score (nSPS) is 14.1. The standard InChI is InChI=1S/C29H31FN2O8S/c1-5-39-23-13-16-9-11-21(31-29(34)19-8-6-7-17(26(19)30)15-40-32(35)36)20-14-22(33)24(41-4)12-10-18(20)25(16)28(38-3)27(23)37-2/h6-8,10,12-14,21,35-36H,5,9,11,15H2,1-4H3,(H,31,34)/t21-/m0/s1. The third-order valence-corrected chi connectivity index (χ3v) is 7.54. The summed E-state index contributed by atoms with van der Waals surface area (Å²) < 4.78 is 32.6. The minimum atomic E-state index is -0.871. The molecule has 4 rings (SSSR count). The number of nitrogens with one attached hydrogen (secondary N) is 1. The van der Waals surface area contributed by atoms with Gasteiger partial charge in [0.2, 0.25) is 5.75 Å². The first-order chi connectivity index (χ1) is 19.7. The highest BCUT2D eigenvalue weighted by Gasteiger charge is 2.30. The zero-order valence-corrected chi connectivity index (χ0v) is 23.8. The number of methoxy groups -OCH3 is 2. The summed E-state index contributed by atoms with van der Waals surface area (Å²) in [5.41, 5.74) is 2.25. The summed E-state index contributed by atoms with van der Waals surface area (Å²) in [6.45, 7) is 1.75. The van der Waals surface area contributed by atoms with E-state index >= 15 is 4.39 Å². The lowest BCUT2D eigenvalue weighted by Gasteiger charge is -2.20. The molecule has 0 aromatic heterocycles. The molecule has 0 saturated carbocycles. The molecule has 1 aliphatic carbocycles. The van der Waals surface area contributed by atoms with Crippen molar-refractivity contribution in [2.45, 2.75) is 37.3 Å². The molecular formula is C29H31FN2O8S. The van der Waals surface area contributed by atoms with Crippen molar-refractivity contribution in [2.75, 3.05) is 27.1 Å². The van der Waals surface area contributed by atoms with Crippen molar-refractivity contribution in [1.29, 1.82) is 0 Å². The maximum absolute atomic E-state index is 15.2. The molecule has 1 aliphatic rings. The molecule has 3 aromatic rings. The number of thioether (sulfide) groups is 1. The minimum absolute atomic E-state index is 0.0578. The number of rotatable bonds is 10. The van der Waals surface area contributed by atoms with Crippen molar-refractivity contribution in [2.24, 2.45) is 0 Å². The van der Waals surface area contributed by atoms with Gasteiger partial charge in [0.15, 0.2) is 16.9 Å². The molecule has 0 radical (unpaired) electrons. The number of carbonyl (C=O) groups excluding carboxylic acids is 1. The molecule has 0 bridgehead atoms. The van der Waals surface area contributed by atoms with Gasteiger partial charge < -0.3 is 19.5 Å². The van der Waals surface area contributed by atoms with E-state index in [1.54, 1.807) is 12.3 Å². The quantitative estimate of drug-likeness (QED) is 0.223. The van der Waals surface area contributed by atoms with Crippen LogP contribution in [-0.2, 0) is 17.9 Å². The molecule has 218 valence electrons. The van der Waals surface area contributed by atoms with Gasteiger partial charge in [-0.1, -0.05) is 18.2 Å². The molecule has 0 aliphatic heterocycles. The van der Waals surface area contributed by atoms with Crippen LogP contribution < -0.4 is 25.0 Å². The van der Waals surface area contributed by atoms with E-state index in [1.807, 2.05) is 19.1 Å². The molecule has 12 heteroatoms. The Labute approximate surface area is 240 Å². The molecule has 3 aromatic carbocycles. The van der Waals surface area contributed by atoms with Crippen molar-refractivity contribution in [3.8, 4) is 28.4 Å². The van der Waals surface area contributed by atoms with Crippen LogP contribution in [0.5, 0.6) is 17.2 Å². The number of fused-ring (bicyclic) bond motifs is 3. The first kappa shape index (κ1) is 30.3. The number of ether oxygens (including phenoxy) is 3. The molecule has 10 nitrogen and oxygen atoms in total. The molecule has 0 fully saturated rings. The monoisotopic (exact) mass is 586 g/mol. The zero-order valence-electron chi connectivity index (χ0n) is 23.0. The number of benzene rings is 2. The number of nitrogens with zero attached hydrogens (tertiary/aromatic N) is 1. The van der Waals surface area contributed by atoms with Crippen molar-refractivity contribution in [3.63, 3.8) is 0 Å². The van der Waals surface area contributed by atoms with Crippen LogP contribution in [0.15, 0.2) is 52.2 Å². The summed E-state index contributed by atoms with van der Waals surface area (Å²) >= 11 is 1.31. The van der Waals surface area contributed by atoms with Crippen molar-refractivity contribution in [3.05, 3.63) is 80.8 Å². The van der Waals surface area contributed by atoms with Gasteiger partial charge in [0.05, 0.1) is 42.7 Å². The third-order valence-electron chi connectivity index (χ3n) is 6.76. The Bertz CT molecular complexity index is 1500. The Kier molecular flexibility index (Phi) is 9.84. The number of halogens is 1. The van der Waals surface area contributed by atoms with Crippen molar-refractivity contribution in [1.82, 2.24) is 10.7 Å². The van der Waals surface area contributed by atoms with Gasteiger partial charge in [0, 0.05) is 11.1 Å². The smallest absolute Gasteiger partial charge is 0.254 e. The van der Waals surface area contributed by atoms with Gasteiger partial charge in [-0.3, -0.25) is 20.0 Å². The fourth-order valence-electron chi connectivity index (χ4n) is 4.96. The summed E-state index contributed by atoms with van der Waals surface area (Å²) in [4.78, 5) is 31.6. The van der Waals surface area contributed by atoms with Gasteiger partial charge in [0.1, 0.15) is 12.4 Å². The summed E-state index contributed by atoms with van der Waals surface area (Å²) in [7, 11) is 3.05. The van der Waals surface area contributed by atoms with E-state index in [4.69, 9.17) is 24.6 Å². The van der Waals surface area contributed by atoms with Crippen LogP contribution >= 0.6 is 11.8 Å². The topological polar surface area (TPSA) is 127 Å². The second-order valence-electron chi connectivity index (χ2n) is 9.06. The first-order valence-electron chi connectivity index (χ1n) is 12.8. The Morgan fingerprint density at radius 3 is 2.56 bits per heavy atom. The fraction of sp³-hybridized carbons (Fsp3) is 0.310. The maximum Gasteiger partial charge on any atom is 0.254 e. The zero-order chi connectivity index (χ0) is 29.7. The average molecular weight is 587 g/mol. The van der Waals surface area contributed by atoms with Crippen LogP contribution in [0.2, 0.25) is 0 Å². The number of hydrogen-bond acceptors (Lipinski definition) is 10. The summed E-state index contributed by atoms with van der Waals surface area (Å²) in [6, 6.07) is 10.4. The molecule has 0 heterocycles. The SMILES string of the molecule is CCOc1cc2c(c(OC)c1OC)-c1ccc(SC)c(=O)cc1[C@@H](NC(=O)c1cccc(CON(O)O)c1F)CC2. The van der Waals surface area contributed by atoms with Crippen LogP contribution in [0, 0.1) is 5.82 Å². The molecule has 3 N–H and O–H groups in total. The summed E-state index contributed by atoms with van der Waals surface area (Å²) in [6.07, 6.45) is 2.67. The molecular weight excluding hydrogens is 555 g/mol. The van der Waals surface area contributed by atoms with E-state index in [1.165, 1.54) is 50.2 Å². The predicted molar refractivity (Wildman–Crippen MR) is 149 cm³/mol. The molecule has 0 unspecified atom stereocenters. The number of aryl methyl sites for hydroxylation is 1. The second kappa shape index (κ2) is 13.3. The predicted octanol–water partition coefficient (Wildman–Crippen LogP) is 4.92. The Balaban J connectivity index is 1.85. The van der Waals surface area contributed by atoms with Crippen LogP contribution in [0.1, 0.15) is 46.4 Å². The fourth-order valence-corrected chi connectivity index (χ4v) is 5.42. The largest absolute Gasteiger partial charge is 0.492 e. The lowest BCUT2D eigenvalue weighted by Crippen LogP contribution is -2.30. The summed E-state index contributed by atoms with van der Waals surface area (Å²) in [5, 5.41) is 20.0. The Hall–Kier alpha value is -3.68. The highest BCUT2D eigenvalue weighted by molar-refractivity contribution is 7.98. The minimum Gasteiger partial charge on any atom is -0.492 e. The molecule has 41 heavy (non-hydrogen) atoms. The summed E-state index contributed by atoms with van der Waals surface area (Å²) in [5.74, 6) is -0.226. The van der Waals surface area contributed by atoms with Gasteiger partial charge in [-0.2, -0.15) is 0 Å². The van der Waals surface area contributed by atoms with E-state index in [0.717, 1.165) is 5.56 Å². The van der Waals surface area contributed by atoms with E-state index in [0.29, 0.717) is 58.3 Å². The van der Waals surface area contributed by atoms with E-state index in [9.17, 15) is 9.59 Å². The maximum atomic E-state index is 15.2. The van der Waals surface area contributed by atoms with Crippen LogP contribution in [0.25, 0.3) is 11.1 Å². The van der Waals surface area contributed by atoms with Crippen molar-refractivity contribution >= 4 is 17.7 Å².